The second-order valence-electron chi connectivity index (χ2n) is 8.76. The van der Waals surface area contributed by atoms with Crippen molar-refractivity contribution in [3.8, 4) is 0 Å². The van der Waals surface area contributed by atoms with Crippen molar-refractivity contribution >= 4 is 26.8 Å². The molecule has 2 N–H and O–H groups in total. The van der Waals surface area contributed by atoms with Gasteiger partial charge in [-0.2, -0.15) is 0 Å². The fourth-order valence-electron chi connectivity index (χ4n) is 4.30. The molecule has 0 unspecified atom stereocenters. The lowest BCUT2D eigenvalue weighted by Crippen LogP contribution is -2.41. The Balaban J connectivity index is 1.33. The minimum Gasteiger partial charge on any atom is -0.349 e. The second-order valence-corrected chi connectivity index (χ2v) is 10.5. The number of nitrogens with zero attached hydrogens (tertiary/aromatic N) is 1. The molecule has 1 atom stereocenters. The van der Waals surface area contributed by atoms with E-state index >= 15 is 0 Å². The summed E-state index contributed by atoms with van der Waals surface area (Å²) in [7, 11) is -3.67. The van der Waals surface area contributed by atoms with Gasteiger partial charge in [-0.1, -0.05) is 18.2 Å². The van der Waals surface area contributed by atoms with E-state index < -0.39 is 10.0 Å². The molecule has 1 amide bonds. The van der Waals surface area contributed by atoms with E-state index in [1.807, 2.05) is 26.0 Å². The van der Waals surface area contributed by atoms with Crippen molar-refractivity contribution in [3.05, 3.63) is 71.7 Å². The summed E-state index contributed by atoms with van der Waals surface area (Å²) in [4.78, 5) is 17.3. The number of hydrogen-bond acceptors (Lipinski definition) is 4. The highest BCUT2D eigenvalue weighted by molar-refractivity contribution is 7.89. The molecule has 8 heteroatoms. The molecule has 1 aromatic heterocycles. The lowest BCUT2D eigenvalue weighted by Gasteiger charge is -2.29. The summed E-state index contributed by atoms with van der Waals surface area (Å²) in [6.07, 6.45) is 2.40. The number of amides is 1. The third kappa shape index (κ3) is 5.57. The first-order valence-corrected chi connectivity index (χ1v) is 12.7. The third-order valence-electron chi connectivity index (χ3n) is 6.26. The molecule has 6 nitrogen and oxygen atoms in total. The van der Waals surface area contributed by atoms with Crippen LogP contribution in [0.3, 0.4) is 0 Å². The average Bonchev–Trinajstić information content (AvgIpc) is 2.79. The maximum absolute atomic E-state index is 13.1. The molecular formula is C25H28FN3O3S. The normalized spacial score (nSPS) is 19.8. The number of aromatic nitrogens is 1. The number of carbonyl (C=O) groups is 1. The van der Waals surface area contributed by atoms with E-state index in [1.54, 1.807) is 30.3 Å². The number of aryl methyl sites for hydroxylation is 1. The summed E-state index contributed by atoms with van der Waals surface area (Å²) in [5, 5.41) is 3.77. The molecule has 33 heavy (non-hydrogen) atoms. The Bertz CT molecular complexity index is 1250. The Kier molecular flexibility index (Phi) is 6.76. The van der Waals surface area contributed by atoms with Crippen molar-refractivity contribution in [1.29, 1.82) is 0 Å². The predicted molar refractivity (Wildman–Crippen MR) is 126 cm³/mol. The first-order chi connectivity index (χ1) is 15.7. The van der Waals surface area contributed by atoms with Gasteiger partial charge in [0.1, 0.15) is 5.82 Å². The van der Waals surface area contributed by atoms with Crippen LogP contribution in [0, 0.1) is 18.7 Å². The molecule has 2 aromatic carbocycles. The summed E-state index contributed by atoms with van der Waals surface area (Å²) in [5.41, 5.74) is 2.48. The van der Waals surface area contributed by atoms with E-state index in [2.05, 4.69) is 15.0 Å². The fourth-order valence-corrected chi connectivity index (χ4v) is 5.64. The van der Waals surface area contributed by atoms with E-state index in [0.29, 0.717) is 25.7 Å². The number of sulfonamides is 1. The van der Waals surface area contributed by atoms with Gasteiger partial charge < -0.3 is 5.32 Å². The van der Waals surface area contributed by atoms with E-state index in [-0.39, 0.29) is 34.6 Å². The van der Waals surface area contributed by atoms with E-state index in [4.69, 9.17) is 0 Å². The zero-order valence-corrected chi connectivity index (χ0v) is 19.5. The highest BCUT2D eigenvalue weighted by atomic mass is 32.2. The summed E-state index contributed by atoms with van der Waals surface area (Å²) in [5.74, 6) is -0.525. The SMILES string of the molecule is Cc1ccc2cc(S(=O)(=O)N[C@H]3CC[C@H](C(=O)N[C@H](C)c4ccc(F)cc4)CC3)ccc2n1. The van der Waals surface area contributed by atoms with Crippen LogP contribution >= 0.6 is 0 Å². The first-order valence-electron chi connectivity index (χ1n) is 11.2. The van der Waals surface area contributed by atoms with Crippen LogP contribution in [0.5, 0.6) is 0 Å². The number of fused-ring (bicyclic) bond motifs is 1. The quantitative estimate of drug-likeness (QED) is 0.560. The van der Waals surface area contributed by atoms with E-state index in [9.17, 15) is 17.6 Å². The number of nitrogens with one attached hydrogen (secondary N) is 2. The van der Waals surface area contributed by atoms with Crippen molar-refractivity contribution in [2.24, 2.45) is 5.92 Å². The molecule has 0 radical (unpaired) electrons. The van der Waals surface area contributed by atoms with Gasteiger partial charge in [-0.25, -0.2) is 17.5 Å². The molecule has 1 aliphatic rings. The van der Waals surface area contributed by atoms with Gasteiger partial charge in [-0.05, 0) is 81.5 Å². The lowest BCUT2D eigenvalue weighted by molar-refractivity contribution is -0.126. The average molecular weight is 470 g/mol. The highest BCUT2D eigenvalue weighted by Crippen LogP contribution is 2.27. The molecule has 3 aromatic rings. The molecule has 0 saturated heterocycles. The number of halogens is 1. The van der Waals surface area contributed by atoms with Crippen molar-refractivity contribution in [1.82, 2.24) is 15.0 Å². The molecule has 4 rings (SSSR count). The first kappa shape index (κ1) is 23.3. The van der Waals surface area contributed by atoms with Crippen molar-refractivity contribution in [3.63, 3.8) is 0 Å². The van der Waals surface area contributed by atoms with E-state index in [1.165, 1.54) is 12.1 Å². The van der Waals surface area contributed by atoms with Crippen molar-refractivity contribution in [2.75, 3.05) is 0 Å². The summed E-state index contributed by atoms with van der Waals surface area (Å²) in [6.45, 7) is 3.76. The van der Waals surface area contributed by atoms with Crippen LogP contribution in [-0.4, -0.2) is 25.4 Å². The molecule has 1 heterocycles. The zero-order valence-electron chi connectivity index (χ0n) is 18.7. The Morgan fingerprint density at radius 1 is 1.03 bits per heavy atom. The summed E-state index contributed by atoms with van der Waals surface area (Å²) >= 11 is 0. The zero-order chi connectivity index (χ0) is 23.6. The van der Waals surface area contributed by atoms with Crippen LogP contribution in [0.1, 0.15) is 49.9 Å². The van der Waals surface area contributed by atoms with Gasteiger partial charge in [-0.3, -0.25) is 9.78 Å². The van der Waals surface area contributed by atoms with E-state index in [0.717, 1.165) is 22.2 Å². The molecule has 174 valence electrons. The minimum atomic E-state index is -3.67. The number of hydrogen-bond donors (Lipinski definition) is 2. The smallest absolute Gasteiger partial charge is 0.240 e. The number of carbonyl (C=O) groups excluding carboxylic acids is 1. The molecule has 0 aliphatic heterocycles. The number of rotatable bonds is 6. The highest BCUT2D eigenvalue weighted by Gasteiger charge is 2.29. The Morgan fingerprint density at radius 2 is 1.73 bits per heavy atom. The Hall–Kier alpha value is -2.84. The lowest BCUT2D eigenvalue weighted by atomic mass is 9.85. The maximum atomic E-state index is 13.1. The molecular weight excluding hydrogens is 441 g/mol. The Morgan fingerprint density at radius 3 is 2.42 bits per heavy atom. The van der Waals surface area contributed by atoms with Crippen molar-refractivity contribution < 1.29 is 17.6 Å². The predicted octanol–water partition coefficient (Wildman–Crippen LogP) is 4.40. The van der Waals surface area contributed by atoms with Gasteiger partial charge in [0, 0.05) is 23.0 Å². The van der Waals surface area contributed by atoms with Crippen LogP contribution in [0.2, 0.25) is 0 Å². The molecule has 0 bridgehead atoms. The van der Waals surface area contributed by atoms with Crippen LogP contribution in [-0.2, 0) is 14.8 Å². The van der Waals surface area contributed by atoms with Gasteiger partial charge in [0.15, 0.2) is 0 Å². The van der Waals surface area contributed by atoms with Gasteiger partial charge in [0.05, 0.1) is 16.5 Å². The summed E-state index contributed by atoms with van der Waals surface area (Å²) < 4.78 is 41.7. The third-order valence-corrected chi connectivity index (χ3v) is 7.78. The van der Waals surface area contributed by atoms with Crippen LogP contribution in [0.4, 0.5) is 4.39 Å². The number of benzene rings is 2. The monoisotopic (exact) mass is 469 g/mol. The van der Waals surface area contributed by atoms with Gasteiger partial charge >= 0.3 is 0 Å². The Labute approximate surface area is 193 Å². The maximum Gasteiger partial charge on any atom is 0.240 e. The van der Waals surface area contributed by atoms with Gasteiger partial charge in [0.25, 0.3) is 0 Å². The van der Waals surface area contributed by atoms with Crippen molar-refractivity contribution in [2.45, 2.75) is 56.5 Å². The topological polar surface area (TPSA) is 88.2 Å². The van der Waals surface area contributed by atoms with Gasteiger partial charge in [0.2, 0.25) is 15.9 Å². The van der Waals surface area contributed by atoms with Gasteiger partial charge in [-0.15, -0.1) is 0 Å². The molecule has 1 saturated carbocycles. The fraction of sp³-hybridized carbons (Fsp3) is 0.360. The van der Waals surface area contributed by atoms with Crippen LogP contribution in [0.25, 0.3) is 10.9 Å². The minimum absolute atomic E-state index is 0.0505. The molecule has 0 spiro atoms. The number of pyridine rings is 1. The van der Waals surface area contributed by atoms with Crippen LogP contribution in [0.15, 0.2) is 59.5 Å². The second kappa shape index (κ2) is 9.57. The largest absolute Gasteiger partial charge is 0.349 e. The summed E-state index contributed by atoms with van der Waals surface area (Å²) in [6, 6.07) is 14.3. The molecule has 1 fully saturated rings. The molecule has 1 aliphatic carbocycles. The standard InChI is InChI=1S/C25H28FN3O3S/c1-16-3-4-20-15-23(13-14-24(20)27-16)33(31,32)29-22-11-7-19(8-12-22)25(30)28-17(2)18-5-9-21(26)10-6-18/h3-6,9-10,13-15,17,19,22,29H,7-8,11-12H2,1-2H3,(H,28,30)/t17-,19-,22-/m1/s1. The van der Waals surface area contributed by atoms with Crippen LogP contribution < -0.4 is 10.0 Å².